The van der Waals surface area contributed by atoms with Gasteiger partial charge in [0.05, 0.1) is 23.0 Å². The zero-order valence-corrected chi connectivity index (χ0v) is 18.3. The third-order valence-electron chi connectivity index (χ3n) is 5.41. The summed E-state index contributed by atoms with van der Waals surface area (Å²) < 4.78 is 6.39. The lowest BCUT2D eigenvalue weighted by Gasteiger charge is -2.14. The first-order chi connectivity index (χ1) is 14.7. The normalized spacial score (nSPS) is 19.6. The van der Waals surface area contributed by atoms with Crippen LogP contribution < -0.4 is 10.1 Å². The number of hydrogen-bond acceptors (Lipinski definition) is 7. The van der Waals surface area contributed by atoms with E-state index in [-0.39, 0.29) is 11.2 Å². The predicted octanol–water partition coefficient (Wildman–Crippen LogP) is 4.68. The Hall–Kier alpha value is -2.58. The molecule has 2 fully saturated rings. The van der Waals surface area contributed by atoms with E-state index in [0.717, 1.165) is 64.3 Å². The number of ether oxygens (including phenoxy) is 1. The van der Waals surface area contributed by atoms with Gasteiger partial charge in [-0.15, -0.1) is 0 Å². The lowest BCUT2D eigenvalue weighted by atomic mass is 10.1. The molecule has 8 heteroatoms. The summed E-state index contributed by atoms with van der Waals surface area (Å²) in [6, 6.07) is 14.2. The minimum Gasteiger partial charge on any atom is -0.497 e. The molecule has 6 nitrogen and oxygen atoms in total. The van der Waals surface area contributed by atoms with Crippen molar-refractivity contribution >= 4 is 54.4 Å². The molecule has 0 radical (unpaired) electrons. The van der Waals surface area contributed by atoms with Crippen LogP contribution in [0.2, 0.25) is 0 Å². The van der Waals surface area contributed by atoms with Crippen molar-refractivity contribution in [2.75, 3.05) is 25.5 Å². The molecule has 3 heterocycles. The van der Waals surface area contributed by atoms with Crippen LogP contribution in [0.25, 0.3) is 10.2 Å². The van der Waals surface area contributed by atoms with Crippen molar-refractivity contribution in [1.82, 2.24) is 9.88 Å². The summed E-state index contributed by atoms with van der Waals surface area (Å²) in [5, 5.41) is 5.43. The predicted molar refractivity (Wildman–Crippen MR) is 124 cm³/mol. The van der Waals surface area contributed by atoms with Gasteiger partial charge in [0.2, 0.25) is 5.12 Å². The second kappa shape index (κ2) is 8.28. The van der Waals surface area contributed by atoms with Gasteiger partial charge in [0, 0.05) is 13.1 Å². The molecule has 0 saturated carbocycles. The standard InChI is InChI=1S/C22H22N4O2S2/c1-28-16-8-9-17-19(13-16)29-21(25-17)23-11-10-14-4-6-15(7-5-14)24-22-26-12-2-3-18(26)20(27)30-22/h4-9,13,18H,2-3,10-12H2,1H3,(H,23,25)/b24-22-/t18-/m0/s1. The molecule has 0 amide bonds. The lowest BCUT2D eigenvalue weighted by molar-refractivity contribution is -0.113. The van der Waals surface area contributed by atoms with Gasteiger partial charge in [0.15, 0.2) is 10.3 Å². The molecule has 0 unspecified atom stereocenters. The van der Waals surface area contributed by atoms with Crippen LogP contribution in [-0.4, -0.2) is 46.4 Å². The number of aliphatic imine (C=N–C) groups is 1. The van der Waals surface area contributed by atoms with Gasteiger partial charge in [-0.25, -0.2) is 9.98 Å². The van der Waals surface area contributed by atoms with Crippen molar-refractivity contribution in [3.63, 3.8) is 0 Å². The van der Waals surface area contributed by atoms with Crippen molar-refractivity contribution in [2.24, 2.45) is 4.99 Å². The van der Waals surface area contributed by atoms with Crippen molar-refractivity contribution in [2.45, 2.75) is 25.3 Å². The molecule has 2 aliphatic rings. The number of nitrogens with zero attached hydrogens (tertiary/aromatic N) is 3. The van der Waals surface area contributed by atoms with Gasteiger partial charge in [-0.05, 0) is 66.9 Å². The Morgan fingerprint density at radius 1 is 1.27 bits per heavy atom. The summed E-state index contributed by atoms with van der Waals surface area (Å²) in [5.74, 6) is 0.849. The number of carbonyl (C=O) groups excluding carboxylic acids is 1. The van der Waals surface area contributed by atoms with Crippen LogP contribution in [0.3, 0.4) is 0 Å². The number of carbonyl (C=O) groups is 1. The molecule has 0 aliphatic carbocycles. The SMILES string of the molecule is COc1ccc2nc(NCCc3ccc(/N=C4\SC(=O)[C@@H]5CCCN45)cc3)sc2c1. The van der Waals surface area contributed by atoms with Crippen LogP contribution in [0.15, 0.2) is 47.5 Å². The van der Waals surface area contributed by atoms with E-state index >= 15 is 0 Å². The monoisotopic (exact) mass is 438 g/mol. The van der Waals surface area contributed by atoms with Crippen LogP contribution >= 0.6 is 23.1 Å². The molecule has 1 aromatic heterocycles. The van der Waals surface area contributed by atoms with Crippen LogP contribution in [-0.2, 0) is 11.2 Å². The molecule has 2 aromatic carbocycles. The van der Waals surface area contributed by atoms with Gasteiger partial charge in [0.1, 0.15) is 11.8 Å². The zero-order chi connectivity index (χ0) is 20.5. The van der Waals surface area contributed by atoms with Crippen molar-refractivity contribution in [1.29, 1.82) is 0 Å². The second-order valence-electron chi connectivity index (χ2n) is 7.36. The summed E-state index contributed by atoms with van der Waals surface area (Å²) >= 11 is 2.92. The summed E-state index contributed by atoms with van der Waals surface area (Å²) in [7, 11) is 1.67. The molecule has 0 bridgehead atoms. The van der Waals surface area contributed by atoms with Gasteiger partial charge in [-0.3, -0.25) is 4.79 Å². The first-order valence-corrected chi connectivity index (χ1v) is 11.7. The highest BCUT2D eigenvalue weighted by Gasteiger charge is 2.40. The van der Waals surface area contributed by atoms with Crippen molar-refractivity contribution < 1.29 is 9.53 Å². The van der Waals surface area contributed by atoms with Crippen LogP contribution in [0.5, 0.6) is 5.75 Å². The van der Waals surface area contributed by atoms with E-state index in [0.29, 0.717) is 0 Å². The molecular weight excluding hydrogens is 416 g/mol. The maximum atomic E-state index is 12.1. The quantitative estimate of drug-likeness (QED) is 0.603. The maximum absolute atomic E-state index is 12.1. The Balaban J connectivity index is 1.19. The fourth-order valence-corrected chi connectivity index (χ4v) is 5.78. The Labute approximate surface area is 183 Å². The number of aromatic nitrogens is 1. The number of benzene rings is 2. The third-order valence-corrected chi connectivity index (χ3v) is 7.37. The molecule has 2 saturated heterocycles. The molecule has 2 aliphatic heterocycles. The van der Waals surface area contributed by atoms with Crippen molar-refractivity contribution in [3.05, 3.63) is 48.0 Å². The van der Waals surface area contributed by atoms with Gasteiger partial charge in [-0.2, -0.15) is 0 Å². The number of amidine groups is 1. The maximum Gasteiger partial charge on any atom is 0.219 e. The zero-order valence-electron chi connectivity index (χ0n) is 16.6. The number of methoxy groups -OCH3 is 1. The topological polar surface area (TPSA) is 66.8 Å². The summed E-state index contributed by atoms with van der Waals surface area (Å²) in [6.45, 7) is 1.75. The Morgan fingerprint density at radius 3 is 2.97 bits per heavy atom. The molecule has 154 valence electrons. The number of hydrogen-bond donors (Lipinski definition) is 1. The number of anilines is 1. The summed E-state index contributed by atoms with van der Waals surface area (Å²) in [4.78, 5) is 23.5. The molecule has 30 heavy (non-hydrogen) atoms. The van der Waals surface area contributed by atoms with Gasteiger partial charge in [0.25, 0.3) is 0 Å². The molecule has 1 N–H and O–H groups in total. The highest BCUT2D eigenvalue weighted by Crippen LogP contribution is 2.35. The van der Waals surface area contributed by atoms with E-state index in [1.165, 1.54) is 17.3 Å². The van der Waals surface area contributed by atoms with Gasteiger partial charge in [-0.1, -0.05) is 23.5 Å². The van der Waals surface area contributed by atoms with E-state index < -0.39 is 0 Å². The van der Waals surface area contributed by atoms with Gasteiger partial charge >= 0.3 is 0 Å². The van der Waals surface area contributed by atoms with Gasteiger partial charge < -0.3 is 15.0 Å². The average molecular weight is 439 g/mol. The van der Waals surface area contributed by atoms with Crippen LogP contribution in [0, 0.1) is 0 Å². The highest BCUT2D eigenvalue weighted by atomic mass is 32.2. The second-order valence-corrected chi connectivity index (χ2v) is 9.37. The fourth-order valence-electron chi connectivity index (χ4n) is 3.81. The minimum atomic E-state index is 0.0442. The number of fused-ring (bicyclic) bond motifs is 2. The smallest absolute Gasteiger partial charge is 0.219 e. The molecule has 1 atom stereocenters. The van der Waals surface area contributed by atoms with Crippen LogP contribution in [0.4, 0.5) is 10.8 Å². The molecule has 3 aromatic rings. The lowest BCUT2D eigenvalue weighted by Crippen LogP contribution is -2.28. The number of rotatable bonds is 6. The number of thiazole rings is 1. The number of thioether (sulfide) groups is 1. The van der Waals surface area contributed by atoms with E-state index in [2.05, 4.69) is 27.3 Å². The minimum absolute atomic E-state index is 0.0442. The molecule has 0 spiro atoms. The van der Waals surface area contributed by atoms with E-state index in [4.69, 9.17) is 9.73 Å². The van der Waals surface area contributed by atoms with E-state index in [9.17, 15) is 4.79 Å². The summed E-state index contributed by atoms with van der Waals surface area (Å²) in [5.41, 5.74) is 3.12. The Bertz CT molecular complexity index is 1110. The first kappa shape index (κ1) is 19.4. The Kier molecular flexibility index (Phi) is 5.35. The first-order valence-electron chi connectivity index (χ1n) is 10.0. The van der Waals surface area contributed by atoms with Crippen molar-refractivity contribution in [3.8, 4) is 5.75 Å². The fraction of sp³-hybridized carbons (Fsp3) is 0.318. The molecular formula is C22H22N4O2S2. The Morgan fingerprint density at radius 2 is 2.13 bits per heavy atom. The van der Waals surface area contributed by atoms with E-state index in [1.54, 1.807) is 18.4 Å². The van der Waals surface area contributed by atoms with E-state index in [1.807, 2.05) is 30.3 Å². The number of nitrogens with one attached hydrogen (secondary N) is 1. The third kappa shape index (κ3) is 3.89. The largest absolute Gasteiger partial charge is 0.497 e. The van der Waals surface area contributed by atoms with Crippen LogP contribution in [0.1, 0.15) is 18.4 Å². The average Bonchev–Trinajstić information content (AvgIpc) is 3.46. The highest BCUT2D eigenvalue weighted by molar-refractivity contribution is 8.26. The summed E-state index contributed by atoms with van der Waals surface area (Å²) in [6.07, 6.45) is 2.93. The molecule has 5 rings (SSSR count).